The van der Waals surface area contributed by atoms with E-state index in [-0.39, 0.29) is 0 Å². The lowest BCUT2D eigenvalue weighted by Gasteiger charge is -2.02. The number of aryl methyl sites for hydroxylation is 1. The summed E-state index contributed by atoms with van der Waals surface area (Å²) in [6.07, 6.45) is 1.71. The molecule has 0 atom stereocenters. The number of thiazole rings is 1. The molecule has 0 aliphatic carbocycles. The predicted octanol–water partition coefficient (Wildman–Crippen LogP) is 3.04. The van der Waals surface area contributed by atoms with Crippen LogP contribution in [0.15, 0.2) is 29.6 Å². The molecular weight excluding hydrogens is 272 g/mol. The predicted molar refractivity (Wildman–Crippen MR) is 77.9 cm³/mol. The van der Waals surface area contributed by atoms with E-state index in [4.69, 9.17) is 10.00 Å². The summed E-state index contributed by atoms with van der Waals surface area (Å²) in [7, 11) is 1.34. The molecule has 20 heavy (non-hydrogen) atoms. The van der Waals surface area contributed by atoms with Crippen LogP contribution < -0.4 is 0 Å². The fourth-order valence-corrected chi connectivity index (χ4v) is 2.42. The van der Waals surface area contributed by atoms with E-state index in [2.05, 4.69) is 11.1 Å². The monoisotopic (exact) mass is 284 g/mol. The molecule has 0 N–H and O–H groups in total. The molecule has 0 bridgehead atoms. The van der Waals surface area contributed by atoms with Gasteiger partial charge in [-0.05, 0) is 30.7 Å². The van der Waals surface area contributed by atoms with Gasteiger partial charge >= 0.3 is 5.97 Å². The average Bonchev–Trinajstić information content (AvgIpc) is 2.91. The normalized spacial score (nSPS) is 10.9. The lowest BCUT2D eigenvalue weighted by Crippen LogP contribution is -2.03. The second-order valence-corrected chi connectivity index (χ2v) is 4.94. The number of carbonyl (C=O) groups excluding carboxylic acids is 1. The lowest BCUT2D eigenvalue weighted by molar-refractivity contribution is -0.133. The number of hydrogen-bond acceptors (Lipinski definition) is 5. The van der Waals surface area contributed by atoms with Crippen LogP contribution >= 0.6 is 11.3 Å². The smallest absolute Gasteiger partial charge is 0.340 e. The zero-order valence-corrected chi connectivity index (χ0v) is 11.9. The molecule has 1 heterocycles. The van der Waals surface area contributed by atoms with Crippen molar-refractivity contribution < 1.29 is 9.53 Å². The van der Waals surface area contributed by atoms with Crippen LogP contribution in [-0.2, 0) is 9.53 Å². The first kappa shape index (κ1) is 14.0. The maximum Gasteiger partial charge on any atom is 0.340 e. The topological polar surface area (TPSA) is 63.0 Å². The van der Waals surface area contributed by atoms with Crippen LogP contribution in [0, 0.1) is 18.3 Å². The van der Waals surface area contributed by atoms with Crippen molar-refractivity contribution in [3.8, 4) is 6.07 Å². The molecule has 1 aromatic heterocycles. The summed E-state index contributed by atoms with van der Waals surface area (Å²) in [5, 5.41) is 11.3. The minimum atomic E-state index is -0.427. The first-order valence-electron chi connectivity index (χ1n) is 5.86. The van der Waals surface area contributed by atoms with Gasteiger partial charge < -0.3 is 4.74 Å². The van der Waals surface area contributed by atoms with Crippen LogP contribution in [0.3, 0.4) is 0 Å². The van der Waals surface area contributed by atoms with Crippen molar-refractivity contribution in [3.63, 3.8) is 0 Å². The first-order valence-corrected chi connectivity index (χ1v) is 6.74. The van der Waals surface area contributed by atoms with Crippen LogP contribution in [-0.4, -0.2) is 18.1 Å². The van der Waals surface area contributed by atoms with Crippen molar-refractivity contribution in [2.45, 2.75) is 6.92 Å². The number of esters is 1. The third-order valence-electron chi connectivity index (χ3n) is 2.61. The van der Waals surface area contributed by atoms with E-state index in [0.717, 1.165) is 11.3 Å². The molecule has 0 unspecified atom stereocenters. The first-order chi connectivity index (χ1) is 9.63. The molecule has 5 heteroatoms. The Morgan fingerprint density at radius 2 is 2.10 bits per heavy atom. The Balaban J connectivity index is 2.42. The van der Waals surface area contributed by atoms with Crippen molar-refractivity contribution in [2.24, 2.45) is 0 Å². The quantitative estimate of drug-likeness (QED) is 0.642. The number of rotatable bonds is 3. The zero-order chi connectivity index (χ0) is 14.5. The highest BCUT2D eigenvalue weighted by atomic mass is 32.1. The van der Waals surface area contributed by atoms with Crippen molar-refractivity contribution in [2.75, 3.05) is 7.11 Å². The number of aromatic nitrogens is 1. The van der Waals surface area contributed by atoms with Gasteiger partial charge in [-0.3, -0.25) is 0 Å². The molecular formula is C15H12N2O2S. The molecule has 0 radical (unpaired) electrons. The van der Waals surface area contributed by atoms with Gasteiger partial charge in [0.15, 0.2) is 0 Å². The van der Waals surface area contributed by atoms with E-state index >= 15 is 0 Å². The number of ether oxygens (including phenoxy) is 1. The summed E-state index contributed by atoms with van der Waals surface area (Å²) in [6, 6.07) is 9.02. The Labute approximate surface area is 121 Å². The Hall–Kier alpha value is -2.45. The Bertz CT molecular complexity index is 693. The number of nitrogens with zero attached hydrogens (tertiary/aromatic N) is 2. The van der Waals surface area contributed by atoms with E-state index in [1.54, 1.807) is 30.3 Å². The Morgan fingerprint density at radius 3 is 2.60 bits per heavy atom. The maximum absolute atomic E-state index is 11.9. The van der Waals surface area contributed by atoms with Crippen LogP contribution in [0.4, 0.5) is 0 Å². The molecule has 0 aliphatic heterocycles. The minimum Gasteiger partial charge on any atom is -0.465 e. The summed E-state index contributed by atoms with van der Waals surface area (Å²) >= 11 is 1.40. The van der Waals surface area contributed by atoms with E-state index in [1.807, 2.05) is 12.3 Å². The SMILES string of the molecule is COC(=O)/C(=C\c1ccc(C#N)cc1)c1nc(C)cs1. The largest absolute Gasteiger partial charge is 0.465 e. The van der Waals surface area contributed by atoms with Gasteiger partial charge in [0.25, 0.3) is 0 Å². The fraction of sp³-hybridized carbons (Fsp3) is 0.133. The van der Waals surface area contributed by atoms with Gasteiger partial charge in [0.05, 0.1) is 24.3 Å². The highest BCUT2D eigenvalue weighted by molar-refractivity contribution is 7.11. The van der Waals surface area contributed by atoms with Gasteiger partial charge in [0.1, 0.15) is 5.01 Å². The number of hydrogen-bond donors (Lipinski definition) is 0. The average molecular weight is 284 g/mol. The van der Waals surface area contributed by atoms with Crippen molar-refractivity contribution in [1.29, 1.82) is 5.26 Å². The molecule has 0 saturated carbocycles. The number of benzene rings is 1. The van der Waals surface area contributed by atoms with Gasteiger partial charge in [0, 0.05) is 11.1 Å². The van der Waals surface area contributed by atoms with Crippen molar-refractivity contribution >= 4 is 29.0 Å². The molecule has 0 saturated heterocycles. The Kier molecular flexibility index (Phi) is 4.28. The van der Waals surface area contributed by atoms with Crippen LogP contribution in [0.2, 0.25) is 0 Å². The maximum atomic E-state index is 11.9. The molecule has 0 aliphatic rings. The number of nitriles is 1. The van der Waals surface area contributed by atoms with Gasteiger partial charge in [-0.25, -0.2) is 9.78 Å². The van der Waals surface area contributed by atoms with Crippen molar-refractivity contribution in [1.82, 2.24) is 4.98 Å². The second kappa shape index (κ2) is 6.13. The third kappa shape index (κ3) is 3.11. The summed E-state index contributed by atoms with van der Waals surface area (Å²) in [5.41, 5.74) is 2.67. The van der Waals surface area contributed by atoms with E-state index in [0.29, 0.717) is 16.1 Å². The van der Waals surface area contributed by atoms with Crippen LogP contribution in [0.1, 0.15) is 21.8 Å². The molecule has 0 amide bonds. The number of methoxy groups -OCH3 is 1. The minimum absolute atomic E-state index is 0.412. The van der Waals surface area contributed by atoms with E-state index in [9.17, 15) is 4.79 Å². The summed E-state index contributed by atoms with van der Waals surface area (Å²) in [4.78, 5) is 16.2. The fourth-order valence-electron chi connectivity index (χ4n) is 1.62. The summed E-state index contributed by atoms with van der Waals surface area (Å²) < 4.78 is 4.80. The third-order valence-corrected chi connectivity index (χ3v) is 3.60. The molecule has 2 rings (SSSR count). The lowest BCUT2D eigenvalue weighted by atomic mass is 10.1. The molecule has 1 aromatic carbocycles. The van der Waals surface area contributed by atoms with Gasteiger partial charge in [-0.15, -0.1) is 11.3 Å². The van der Waals surface area contributed by atoms with Crippen LogP contribution in [0.5, 0.6) is 0 Å². The zero-order valence-electron chi connectivity index (χ0n) is 11.1. The van der Waals surface area contributed by atoms with E-state index in [1.165, 1.54) is 18.4 Å². The Morgan fingerprint density at radius 1 is 1.40 bits per heavy atom. The molecule has 4 nitrogen and oxygen atoms in total. The molecule has 2 aromatic rings. The van der Waals surface area contributed by atoms with Crippen LogP contribution in [0.25, 0.3) is 11.6 Å². The van der Waals surface area contributed by atoms with E-state index < -0.39 is 5.97 Å². The molecule has 0 fully saturated rings. The van der Waals surface area contributed by atoms with Crippen molar-refractivity contribution in [3.05, 3.63) is 51.5 Å². The van der Waals surface area contributed by atoms with Gasteiger partial charge in [0.2, 0.25) is 0 Å². The highest BCUT2D eigenvalue weighted by Gasteiger charge is 2.15. The van der Waals surface area contributed by atoms with Gasteiger partial charge in [-0.1, -0.05) is 12.1 Å². The highest BCUT2D eigenvalue weighted by Crippen LogP contribution is 2.23. The number of carbonyl (C=O) groups is 1. The molecule has 100 valence electrons. The summed E-state index contributed by atoms with van der Waals surface area (Å²) in [5.74, 6) is -0.427. The standard InChI is InChI=1S/C15H12N2O2S/c1-10-9-20-14(17-10)13(15(18)19-2)7-11-3-5-12(8-16)6-4-11/h3-7,9H,1-2H3/b13-7-. The van der Waals surface area contributed by atoms with Gasteiger partial charge in [-0.2, -0.15) is 5.26 Å². The second-order valence-electron chi connectivity index (χ2n) is 4.08. The molecule has 0 spiro atoms. The summed E-state index contributed by atoms with van der Waals surface area (Å²) in [6.45, 7) is 1.87.